The van der Waals surface area contributed by atoms with E-state index in [-0.39, 0.29) is 5.91 Å². The molecule has 1 aliphatic heterocycles. The van der Waals surface area contributed by atoms with Crippen molar-refractivity contribution in [2.45, 2.75) is 39.5 Å². The lowest BCUT2D eigenvalue weighted by atomic mass is 9.91. The van der Waals surface area contributed by atoms with Gasteiger partial charge in [-0.3, -0.25) is 4.79 Å². The third kappa shape index (κ3) is 2.64. The maximum Gasteiger partial charge on any atom is 0.274 e. The number of aromatic nitrogens is 2. The maximum absolute atomic E-state index is 13.1. The second-order valence-corrected chi connectivity index (χ2v) is 7.53. The fourth-order valence-electron chi connectivity index (χ4n) is 4.37. The van der Waals surface area contributed by atoms with Crippen LogP contribution in [0.1, 0.15) is 48.4 Å². The number of para-hydroxylation sites is 1. The molecule has 2 unspecified atom stereocenters. The lowest BCUT2D eigenvalue weighted by molar-refractivity contribution is 0.0615. The van der Waals surface area contributed by atoms with Crippen LogP contribution in [0.5, 0.6) is 0 Å². The summed E-state index contributed by atoms with van der Waals surface area (Å²) in [5, 5.41) is 4.75. The number of carbonyl (C=O) groups excluding carboxylic acids is 1. The summed E-state index contributed by atoms with van der Waals surface area (Å²) in [6, 6.07) is 10.2. The smallest absolute Gasteiger partial charge is 0.274 e. The van der Waals surface area contributed by atoms with Gasteiger partial charge < -0.3 is 4.90 Å². The van der Waals surface area contributed by atoms with Crippen LogP contribution in [0.4, 0.5) is 0 Å². The van der Waals surface area contributed by atoms with Gasteiger partial charge in [-0.2, -0.15) is 5.10 Å². The molecule has 1 fully saturated rings. The molecule has 1 amide bonds. The van der Waals surface area contributed by atoms with Gasteiger partial charge in [0.1, 0.15) is 0 Å². The Balaban J connectivity index is 1.70. The van der Waals surface area contributed by atoms with Gasteiger partial charge in [-0.25, -0.2) is 4.68 Å². The zero-order chi connectivity index (χ0) is 16.7. The molecule has 0 bridgehead atoms. The standard InChI is InChI=1S/C20H25N3O/c1-14-11-15(2)13-22(12-14)20(24)19-17-9-6-10-18(17)23(21-19)16-7-4-3-5-8-16/h3-5,7-8,14-15H,6,9-13H2,1-2H3. The number of carbonyl (C=O) groups is 1. The molecule has 0 radical (unpaired) electrons. The van der Waals surface area contributed by atoms with Gasteiger partial charge in [0.15, 0.2) is 5.69 Å². The summed E-state index contributed by atoms with van der Waals surface area (Å²) >= 11 is 0. The van der Waals surface area contributed by atoms with Gasteiger partial charge in [0.05, 0.1) is 5.69 Å². The summed E-state index contributed by atoms with van der Waals surface area (Å²) in [6.07, 6.45) is 4.31. The second-order valence-electron chi connectivity index (χ2n) is 7.53. The third-order valence-corrected chi connectivity index (χ3v) is 5.29. The first-order valence-electron chi connectivity index (χ1n) is 9.09. The molecule has 2 atom stereocenters. The van der Waals surface area contributed by atoms with Crippen molar-refractivity contribution in [2.75, 3.05) is 13.1 Å². The Hall–Kier alpha value is -2.10. The average molecular weight is 323 g/mol. The number of amides is 1. The largest absolute Gasteiger partial charge is 0.337 e. The van der Waals surface area contributed by atoms with Crippen molar-refractivity contribution in [1.82, 2.24) is 14.7 Å². The fourth-order valence-corrected chi connectivity index (χ4v) is 4.37. The Kier molecular flexibility index (Phi) is 3.91. The van der Waals surface area contributed by atoms with Crippen molar-refractivity contribution in [1.29, 1.82) is 0 Å². The van der Waals surface area contributed by atoms with Crippen LogP contribution >= 0.6 is 0 Å². The zero-order valence-electron chi connectivity index (χ0n) is 14.5. The lowest BCUT2D eigenvalue weighted by Gasteiger charge is -2.34. The van der Waals surface area contributed by atoms with Crippen molar-refractivity contribution in [2.24, 2.45) is 11.8 Å². The van der Waals surface area contributed by atoms with Crippen molar-refractivity contribution in [3.8, 4) is 5.69 Å². The number of benzene rings is 1. The minimum absolute atomic E-state index is 0.126. The Morgan fingerprint density at radius 1 is 1.08 bits per heavy atom. The van der Waals surface area contributed by atoms with Crippen LogP contribution in [-0.4, -0.2) is 33.7 Å². The molecule has 2 aromatic rings. The lowest BCUT2D eigenvalue weighted by Crippen LogP contribution is -2.43. The first-order valence-corrected chi connectivity index (χ1v) is 9.09. The Bertz CT molecular complexity index is 740. The normalized spacial score (nSPS) is 23.3. The van der Waals surface area contributed by atoms with Gasteiger partial charge >= 0.3 is 0 Å². The fraction of sp³-hybridized carbons (Fsp3) is 0.500. The summed E-state index contributed by atoms with van der Waals surface area (Å²) in [5.74, 6) is 1.27. The quantitative estimate of drug-likeness (QED) is 0.848. The van der Waals surface area contributed by atoms with Crippen LogP contribution < -0.4 is 0 Å². The minimum atomic E-state index is 0.126. The number of fused-ring (bicyclic) bond motifs is 1. The minimum Gasteiger partial charge on any atom is -0.337 e. The second kappa shape index (κ2) is 6.08. The maximum atomic E-state index is 13.1. The SMILES string of the molecule is CC1CC(C)CN(C(=O)c2nn(-c3ccccc3)c3c2CCC3)C1. The number of hydrogen-bond acceptors (Lipinski definition) is 2. The number of hydrogen-bond donors (Lipinski definition) is 0. The average Bonchev–Trinajstić information content (AvgIpc) is 3.16. The van der Waals surface area contributed by atoms with Crippen LogP contribution in [0, 0.1) is 11.8 Å². The highest BCUT2D eigenvalue weighted by molar-refractivity contribution is 5.94. The summed E-state index contributed by atoms with van der Waals surface area (Å²) in [7, 11) is 0. The number of nitrogens with zero attached hydrogens (tertiary/aromatic N) is 3. The van der Waals surface area contributed by atoms with Crippen molar-refractivity contribution in [3.05, 3.63) is 47.3 Å². The summed E-state index contributed by atoms with van der Waals surface area (Å²) < 4.78 is 1.99. The Labute approximate surface area is 143 Å². The van der Waals surface area contributed by atoms with Crippen LogP contribution in [0.25, 0.3) is 5.69 Å². The van der Waals surface area contributed by atoms with Crippen molar-refractivity contribution in [3.63, 3.8) is 0 Å². The van der Waals surface area contributed by atoms with E-state index in [1.807, 2.05) is 27.8 Å². The molecule has 1 aliphatic carbocycles. The van der Waals surface area contributed by atoms with Crippen molar-refractivity contribution >= 4 is 5.91 Å². The summed E-state index contributed by atoms with van der Waals surface area (Å²) in [6.45, 7) is 6.19. The van der Waals surface area contributed by atoms with Crippen LogP contribution in [-0.2, 0) is 12.8 Å². The summed E-state index contributed by atoms with van der Waals surface area (Å²) in [4.78, 5) is 15.2. The van der Waals surface area contributed by atoms with Crippen molar-refractivity contribution < 1.29 is 4.79 Å². The molecule has 1 saturated heterocycles. The molecule has 2 heterocycles. The highest BCUT2D eigenvalue weighted by atomic mass is 16.2. The van der Waals surface area contributed by atoms with E-state index >= 15 is 0 Å². The highest BCUT2D eigenvalue weighted by Crippen LogP contribution is 2.30. The highest BCUT2D eigenvalue weighted by Gasteiger charge is 2.32. The van der Waals surface area contributed by atoms with Gasteiger partial charge in [-0.05, 0) is 49.7 Å². The van der Waals surface area contributed by atoms with E-state index in [9.17, 15) is 4.79 Å². The van der Waals surface area contributed by atoms with E-state index in [2.05, 4.69) is 26.0 Å². The Morgan fingerprint density at radius 3 is 2.50 bits per heavy atom. The molecule has 126 valence electrons. The molecule has 4 heteroatoms. The van der Waals surface area contributed by atoms with Gasteiger partial charge in [0.2, 0.25) is 0 Å². The van der Waals surface area contributed by atoms with E-state index in [0.717, 1.165) is 38.0 Å². The van der Waals surface area contributed by atoms with Crippen LogP contribution in [0.3, 0.4) is 0 Å². The van der Waals surface area contributed by atoms with E-state index in [1.54, 1.807) is 0 Å². The molecule has 4 rings (SSSR count). The van der Waals surface area contributed by atoms with Gasteiger partial charge in [-0.15, -0.1) is 0 Å². The van der Waals surface area contributed by atoms with E-state index in [0.29, 0.717) is 17.5 Å². The van der Waals surface area contributed by atoms with Crippen LogP contribution in [0.15, 0.2) is 30.3 Å². The number of rotatable bonds is 2. The molecule has 1 aromatic heterocycles. The van der Waals surface area contributed by atoms with Crippen LogP contribution in [0.2, 0.25) is 0 Å². The molecule has 24 heavy (non-hydrogen) atoms. The topological polar surface area (TPSA) is 38.1 Å². The molecule has 2 aliphatic rings. The summed E-state index contributed by atoms with van der Waals surface area (Å²) in [5.41, 5.74) is 4.14. The molecule has 0 N–H and O–H groups in total. The van der Waals surface area contributed by atoms with Gasteiger partial charge in [0.25, 0.3) is 5.91 Å². The number of piperidine rings is 1. The third-order valence-electron chi connectivity index (χ3n) is 5.29. The predicted molar refractivity (Wildman–Crippen MR) is 94.4 cm³/mol. The molecule has 4 nitrogen and oxygen atoms in total. The zero-order valence-corrected chi connectivity index (χ0v) is 14.5. The molecule has 1 aromatic carbocycles. The van der Waals surface area contributed by atoms with Gasteiger partial charge in [-0.1, -0.05) is 32.0 Å². The van der Waals surface area contributed by atoms with E-state index in [1.165, 1.54) is 17.7 Å². The molecule has 0 spiro atoms. The Morgan fingerprint density at radius 2 is 1.79 bits per heavy atom. The first-order chi connectivity index (χ1) is 11.6. The molecule has 0 saturated carbocycles. The van der Waals surface area contributed by atoms with Gasteiger partial charge in [0, 0.05) is 24.3 Å². The molecular weight excluding hydrogens is 298 g/mol. The van der Waals surface area contributed by atoms with E-state index in [4.69, 9.17) is 5.10 Å². The number of likely N-dealkylation sites (tertiary alicyclic amines) is 1. The molecular formula is C20H25N3O. The monoisotopic (exact) mass is 323 g/mol. The predicted octanol–water partition coefficient (Wildman–Crippen LogP) is 3.48. The first kappa shape index (κ1) is 15.4. The van der Waals surface area contributed by atoms with E-state index < -0.39 is 0 Å².